The monoisotopic (exact) mass is 638 g/mol. The molecule has 6 N–H and O–H groups in total. The van der Waals surface area contributed by atoms with Crippen molar-refractivity contribution in [1.29, 1.82) is 0 Å². The summed E-state index contributed by atoms with van der Waals surface area (Å²) < 4.78 is 5.42. The summed E-state index contributed by atoms with van der Waals surface area (Å²) >= 11 is 0. The highest BCUT2D eigenvalue weighted by molar-refractivity contribution is 6.00. The number of aliphatic hydroxyl groups excluding tert-OH is 1. The molecule has 0 heterocycles. The Kier molecular flexibility index (Phi) is 15.9. The van der Waals surface area contributed by atoms with Gasteiger partial charge in [0.15, 0.2) is 0 Å². The van der Waals surface area contributed by atoms with Crippen LogP contribution >= 0.6 is 0 Å². The smallest absolute Gasteiger partial charge is 0.407 e. The van der Waals surface area contributed by atoms with Crippen molar-refractivity contribution < 1.29 is 29.0 Å². The highest BCUT2D eigenvalue weighted by Crippen LogP contribution is 2.20. The Morgan fingerprint density at radius 3 is 1.91 bits per heavy atom. The average Bonchev–Trinajstić information content (AvgIpc) is 2.98. The molecule has 10 nitrogen and oxygen atoms in total. The van der Waals surface area contributed by atoms with Crippen molar-refractivity contribution in [3.8, 4) is 0 Å². The molecule has 10 heteroatoms. The van der Waals surface area contributed by atoms with Crippen LogP contribution < -0.4 is 21.7 Å². The normalized spacial score (nSPS) is 14.8. The number of hydrogen-bond acceptors (Lipinski definition) is 7. The van der Waals surface area contributed by atoms with E-state index in [2.05, 4.69) is 16.0 Å². The predicted octanol–water partition coefficient (Wildman–Crippen LogP) is 4.42. The minimum Gasteiger partial charge on any atom is -0.444 e. The number of unbranched alkanes of at least 4 members (excludes halogenated alkanes) is 1. The number of nitrogens with one attached hydrogen (secondary N) is 3. The largest absolute Gasteiger partial charge is 0.444 e. The fourth-order valence-electron chi connectivity index (χ4n) is 5.14. The lowest BCUT2D eigenvalue weighted by molar-refractivity contribution is -0.136. The van der Waals surface area contributed by atoms with E-state index in [4.69, 9.17) is 10.5 Å². The van der Waals surface area contributed by atoms with E-state index in [1.54, 1.807) is 20.8 Å². The molecule has 0 spiro atoms. The molecule has 0 bridgehead atoms. The zero-order valence-electron chi connectivity index (χ0n) is 28.3. The second kappa shape index (κ2) is 19.0. The van der Waals surface area contributed by atoms with Gasteiger partial charge >= 0.3 is 6.09 Å². The van der Waals surface area contributed by atoms with Gasteiger partial charge in [-0.3, -0.25) is 19.7 Å². The number of carbonyl (C=O) groups excluding carboxylic acids is 4. The molecular formula is C36H54N4O6. The van der Waals surface area contributed by atoms with E-state index in [1.165, 1.54) is 0 Å². The molecule has 0 saturated carbocycles. The number of amides is 4. The van der Waals surface area contributed by atoms with E-state index < -0.39 is 59.6 Å². The van der Waals surface area contributed by atoms with Gasteiger partial charge in [-0.25, -0.2) is 4.79 Å². The van der Waals surface area contributed by atoms with E-state index in [0.717, 1.165) is 24.0 Å². The van der Waals surface area contributed by atoms with Gasteiger partial charge in [-0.15, -0.1) is 0 Å². The molecule has 0 fully saturated rings. The molecule has 2 aromatic rings. The Morgan fingerprint density at radius 2 is 1.39 bits per heavy atom. The number of alkyl carbamates (subject to hydrolysis) is 1. The summed E-state index contributed by atoms with van der Waals surface area (Å²) in [5.74, 6) is -2.36. The molecule has 254 valence electrons. The Hall–Kier alpha value is -3.76. The highest BCUT2D eigenvalue weighted by Gasteiger charge is 2.32. The van der Waals surface area contributed by atoms with Crippen LogP contribution in [0.15, 0.2) is 60.7 Å². The van der Waals surface area contributed by atoms with Gasteiger partial charge in [0.05, 0.1) is 18.2 Å². The van der Waals surface area contributed by atoms with Crippen molar-refractivity contribution in [2.75, 3.05) is 0 Å². The molecule has 2 rings (SSSR count). The minimum atomic E-state index is -1.09. The molecule has 46 heavy (non-hydrogen) atoms. The first-order valence-electron chi connectivity index (χ1n) is 16.3. The average molecular weight is 639 g/mol. The lowest BCUT2D eigenvalue weighted by Crippen LogP contribution is -2.54. The van der Waals surface area contributed by atoms with Crippen molar-refractivity contribution in [2.24, 2.45) is 17.6 Å². The molecule has 0 radical (unpaired) electrons. The third-order valence-electron chi connectivity index (χ3n) is 7.48. The van der Waals surface area contributed by atoms with Crippen molar-refractivity contribution in [3.05, 3.63) is 71.8 Å². The quantitative estimate of drug-likeness (QED) is 0.171. The van der Waals surface area contributed by atoms with Gasteiger partial charge in [0, 0.05) is 12.3 Å². The summed E-state index contributed by atoms with van der Waals surface area (Å²) in [7, 11) is 0. The molecule has 0 saturated heterocycles. The van der Waals surface area contributed by atoms with Crippen LogP contribution in [0, 0.1) is 11.8 Å². The van der Waals surface area contributed by atoms with Gasteiger partial charge in [-0.05, 0) is 63.5 Å². The van der Waals surface area contributed by atoms with Gasteiger partial charge in [-0.1, -0.05) is 94.3 Å². The van der Waals surface area contributed by atoms with Crippen LogP contribution in [0.25, 0.3) is 0 Å². The Bertz CT molecular complexity index is 1230. The van der Waals surface area contributed by atoms with E-state index in [-0.39, 0.29) is 25.2 Å². The Labute approximate surface area is 274 Å². The van der Waals surface area contributed by atoms with Crippen LogP contribution in [-0.4, -0.2) is 58.8 Å². The van der Waals surface area contributed by atoms with Crippen LogP contribution in [-0.2, 0) is 32.0 Å². The van der Waals surface area contributed by atoms with E-state index in [1.807, 2.05) is 81.4 Å². The van der Waals surface area contributed by atoms with Crippen LogP contribution in [0.3, 0.4) is 0 Å². The molecule has 4 amide bonds. The fourth-order valence-corrected chi connectivity index (χ4v) is 5.14. The second-order valence-electron chi connectivity index (χ2n) is 13.4. The minimum absolute atomic E-state index is 0.0207. The number of imide groups is 1. The van der Waals surface area contributed by atoms with E-state index in [9.17, 15) is 24.3 Å². The van der Waals surface area contributed by atoms with Crippen LogP contribution in [0.2, 0.25) is 0 Å². The number of carbonyl (C=O) groups is 4. The van der Waals surface area contributed by atoms with Crippen LogP contribution in [0.5, 0.6) is 0 Å². The van der Waals surface area contributed by atoms with E-state index in [0.29, 0.717) is 12.8 Å². The summed E-state index contributed by atoms with van der Waals surface area (Å²) in [5.41, 5.74) is 7.04. The number of nitrogens with two attached hydrogens (primary N) is 1. The van der Waals surface area contributed by atoms with Gasteiger partial charge < -0.3 is 26.2 Å². The van der Waals surface area contributed by atoms with Gasteiger partial charge in [0.1, 0.15) is 11.6 Å². The molecular weight excluding hydrogens is 584 g/mol. The lowest BCUT2D eigenvalue weighted by atomic mass is 9.89. The van der Waals surface area contributed by atoms with Crippen molar-refractivity contribution >= 4 is 23.8 Å². The third kappa shape index (κ3) is 14.6. The molecule has 0 aliphatic rings. The molecule has 0 aliphatic heterocycles. The van der Waals surface area contributed by atoms with Gasteiger partial charge in [-0.2, -0.15) is 0 Å². The summed E-state index contributed by atoms with van der Waals surface area (Å²) in [6.07, 6.45) is 1.15. The molecule has 5 atom stereocenters. The number of rotatable bonds is 17. The first-order valence-corrected chi connectivity index (χ1v) is 16.3. The standard InChI is InChI=1S/C36H54N4O6/c1-7-8-19-29(39-35(45)46-36(4,5)6)31(41)23-27(21-25-15-11-9-12-16-25)32(42)40-34(44)30(22-26-17-13-10-14-18-26)38-33(43)28(37)20-24(2)3/h9-18,24,27-31,41H,7-8,19-23,37H2,1-6H3,(H,38,43)(H,39,45)(H,40,42,44)/t27-,28?,29+,30?,31+/m1/s1. The maximum absolute atomic E-state index is 13.8. The number of ether oxygens (including phenoxy) is 1. The predicted molar refractivity (Wildman–Crippen MR) is 180 cm³/mol. The van der Waals surface area contributed by atoms with Gasteiger partial charge in [0.2, 0.25) is 17.7 Å². The number of hydrogen-bond donors (Lipinski definition) is 5. The van der Waals surface area contributed by atoms with Gasteiger partial charge in [0.25, 0.3) is 0 Å². The maximum atomic E-state index is 13.8. The number of aliphatic hydroxyl groups is 1. The summed E-state index contributed by atoms with van der Waals surface area (Å²) in [5, 5.41) is 19.4. The summed E-state index contributed by atoms with van der Waals surface area (Å²) in [6.45, 7) is 11.2. The van der Waals surface area contributed by atoms with Crippen molar-refractivity contribution in [2.45, 2.75) is 116 Å². The summed E-state index contributed by atoms with van der Waals surface area (Å²) in [6, 6.07) is 16.0. The molecule has 0 aliphatic carbocycles. The zero-order valence-corrected chi connectivity index (χ0v) is 28.3. The molecule has 2 unspecified atom stereocenters. The molecule has 2 aromatic carbocycles. The van der Waals surface area contributed by atoms with Crippen LogP contribution in [0.4, 0.5) is 4.79 Å². The summed E-state index contributed by atoms with van der Waals surface area (Å²) in [4.78, 5) is 52.9. The van der Waals surface area contributed by atoms with Crippen molar-refractivity contribution in [3.63, 3.8) is 0 Å². The van der Waals surface area contributed by atoms with Crippen molar-refractivity contribution in [1.82, 2.24) is 16.0 Å². The Morgan fingerprint density at radius 1 is 0.826 bits per heavy atom. The second-order valence-corrected chi connectivity index (χ2v) is 13.4. The third-order valence-corrected chi connectivity index (χ3v) is 7.48. The SMILES string of the molecule is CCCC[C@H](NC(=O)OC(C)(C)C)[C@@H](O)C[C@@H](Cc1ccccc1)C(=O)NC(=O)C(Cc1ccccc1)NC(=O)C(N)CC(C)C. The first kappa shape index (κ1) is 38.4. The maximum Gasteiger partial charge on any atom is 0.407 e. The molecule has 0 aromatic heterocycles. The zero-order chi connectivity index (χ0) is 34.3. The topological polar surface area (TPSA) is 160 Å². The van der Waals surface area contributed by atoms with E-state index >= 15 is 0 Å². The Balaban J connectivity index is 2.29. The van der Waals surface area contributed by atoms with Crippen LogP contribution in [0.1, 0.15) is 84.8 Å². The number of benzene rings is 2. The highest BCUT2D eigenvalue weighted by atomic mass is 16.6. The fraction of sp³-hybridized carbons (Fsp3) is 0.556. The first-order chi connectivity index (χ1) is 21.7. The lowest BCUT2D eigenvalue weighted by Gasteiger charge is -2.29.